The van der Waals surface area contributed by atoms with Crippen molar-refractivity contribution in [1.82, 2.24) is 0 Å². The zero-order valence-electron chi connectivity index (χ0n) is 8.19. The van der Waals surface area contributed by atoms with Gasteiger partial charge in [0.1, 0.15) is 12.7 Å². The van der Waals surface area contributed by atoms with Gasteiger partial charge in [-0.3, -0.25) is 0 Å². The molecule has 0 aliphatic heterocycles. The zero-order chi connectivity index (χ0) is 10.3. The van der Waals surface area contributed by atoms with Gasteiger partial charge in [-0.2, -0.15) is 9.90 Å². The van der Waals surface area contributed by atoms with Gasteiger partial charge in [-0.25, -0.2) is 9.59 Å². The van der Waals surface area contributed by atoms with Crippen LogP contribution in [0.15, 0.2) is 25.3 Å². The molecule has 2 atom stereocenters. The van der Waals surface area contributed by atoms with E-state index in [1.165, 1.54) is 0 Å². The zero-order valence-corrected chi connectivity index (χ0v) is 9.61. The van der Waals surface area contributed by atoms with E-state index in [0.29, 0.717) is 0 Å². The van der Waals surface area contributed by atoms with Crippen LogP contribution < -0.4 is 0 Å². The third-order valence-electron chi connectivity index (χ3n) is 1.11. The standard InChI is InChI=1S/C9H12O4.H3P/c1-4-8(10)12-6-7(3)13-9(11)5-2;/h4-5,7H,1-2,6H2,3H3;1H3. The summed E-state index contributed by atoms with van der Waals surface area (Å²) in [5.74, 6) is -1.08. The van der Waals surface area contributed by atoms with Crippen molar-refractivity contribution in [2.45, 2.75) is 13.0 Å². The molecule has 0 heterocycles. The van der Waals surface area contributed by atoms with Crippen LogP contribution in [0.3, 0.4) is 0 Å². The van der Waals surface area contributed by atoms with Crippen molar-refractivity contribution < 1.29 is 19.1 Å². The van der Waals surface area contributed by atoms with Gasteiger partial charge in [0, 0.05) is 12.2 Å². The van der Waals surface area contributed by atoms with Crippen molar-refractivity contribution in [1.29, 1.82) is 0 Å². The summed E-state index contributed by atoms with van der Waals surface area (Å²) in [7, 11) is 0. The van der Waals surface area contributed by atoms with Gasteiger partial charge in [0.2, 0.25) is 0 Å². The van der Waals surface area contributed by atoms with E-state index in [1.807, 2.05) is 0 Å². The van der Waals surface area contributed by atoms with E-state index < -0.39 is 18.0 Å². The minimum atomic E-state index is -0.540. The summed E-state index contributed by atoms with van der Waals surface area (Å²) in [5, 5.41) is 0. The second-order valence-electron chi connectivity index (χ2n) is 2.29. The van der Waals surface area contributed by atoms with Crippen LogP contribution in [-0.4, -0.2) is 24.6 Å². The van der Waals surface area contributed by atoms with Crippen molar-refractivity contribution in [2.75, 3.05) is 6.61 Å². The maximum Gasteiger partial charge on any atom is 0.330 e. The molecule has 0 N–H and O–H groups in total. The number of hydrogen-bond donors (Lipinski definition) is 0. The molecule has 0 rings (SSSR count). The van der Waals surface area contributed by atoms with E-state index in [1.54, 1.807) is 6.92 Å². The van der Waals surface area contributed by atoms with Crippen molar-refractivity contribution in [3.8, 4) is 0 Å². The molecule has 4 nitrogen and oxygen atoms in total. The number of esters is 2. The van der Waals surface area contributed by atoms with Crippen LogP contribution in [0.2, 0.25) is 0 Å². The summed E-state index contributed by atoms with van der Waals surface area (Å²) >= 11 is 0. The molecule has 0 aliphatic carbocycles. The Kier molecular flexibility index (Phi) is 9.25. The first-order valence-corrected chi connectivity index (χ1v) is 3.72. The van der Waals surface area contributed by atoms with Gasteiger partial charge >= 0.3 is 11.9 Å². The summed E-state index contributed by atoms with van der Waals surface area (Å²) in [6, 6.07) is 0. The molecule has 0 aromatic carbocycles. The van der Waals surface area contributed by atoms with Gasteiger partial charge in [0.25, 0.3) is 0 Å². The molecule has 0 amide bonds. The van der Waals surface area contributed by atoms with Crippen LogP contribution >= 0.6 is 9.90 Å². The number of carbonyl (C=O) groups is 2. The predicted molar refractivity (Wildman–Crippen MR) is 58.0 cm³/mol. The fourth-order valence-electron chi connectivity index (χ4n) is 0.539. The van der Waals surface area contributed by atoms with Gasteiger partial charge in [-0.05, 0) is 6.92 Å². The van der Waals surface area contributed by atoms with Crippen LogP contribution in [0.5, 0.6) is 0 Å². The lowest BCUT2D eigenvalue weighted by Gasteiger charge is -2.10. The number of carbonyl (C=O) groups excluding carboxylic acids is 2. The first-order chi connectivity index (χ1) is 6.10. The molecule has 0 aromatic rings. The highest BCUT2D eigenvalue weighted by Crippen LogP contribution is 1.94. The van der Waals surface area contributed by atoms with Crippen LogP contribution in [0.4, 0.5) is 0 Å². The molecular weight excluding hydrogens is 203 g/mol. The molecular formula is C9H15O4P. The van der Waals surface area contributed by atoms with Crippen molar-refractivity contribution >= 4 is 21.8 Å². The minimum absolute atomic E-state index is 0. The molecule has 0 saturated carbocycles. The van der Waals surface area contributed by atoms with Crippen molar-refractivity contribution in [3.63, 3.8) is 0 Å². The summed E-state index contributed by atoms with van der Waals surface area (Å²) < 4.78 is 9.36. The van der Waals surface area contributed by atoms with Crippen LogP contribution in [0.25, 0.3) is 0 Å². The summed E-state index contributed by atoms with van der Waals surface area (Å²) in [6.45, 7) is 8.07. The van der Waals surface area contributed by atoms with Crippen molar-refractivity contribution in [3.05, 3.63) is 25.3 Å². The SMILES string of the molecule is C=CC(=O)OCC(C)OC(=O)C=C.P. The second-order valence-corrected chi connectivity index (χ2v) is 2.29. The summed E-state index contributed by atoms with van der Waals surface area (Å²) in [4.78, 5) is 21.2. The number of hydrogen-bond acceptors (Lipinski definition) is 4. The normalized spacial score (nSPS) is 10.4. The van der Waals surface area contributed by atoms with Crippen molar-refractivity contribution in [2.24, 2.45) is 0 Å². The second kappa shape index (κ2) is 8.45. The maximum atomic E-state index is 10.6. The average molecular weight is 218 g/mol. The molecule has 0 aromatic heterocycles. The molecule has 80 valence electrons. The fourth-order valence-corrected chi connectivity index (χ4v) is 0.539. The van der Waals surface area contributed by atoms with Gasteiger partial charge in [0.05, 0.1) is 0 Å². The monoisotopic (exact) mass is 218 g/mol. The van der Waals surface area contributed by atoms with E-state index in [9.17, 15) is 9.59 Å². The Labute approximate surface area is 86.6 Å². The highest BCUT2D eigenvalue weighted by atomic mass is 31.0. The van der Waals surface area contributed by atoms with Gasteiger partial charge in [0.15, 0.2) is 0 Å². The average Bonchev–Trinajstić information content (AvgIpc) is 2.13. The number of ether oxygens (including phenoxy) is 2. The Hall–Kier alpha value is -1.15. The Morgan fingerprint density at radius 1 is 1.29 bits per heavy atom. The Morgan fingerprint density at radius 2 is 1.79 bits per heavy atom. The fraction of sp³-hybridized carbons (Fsp3) is 0.333. The van der Waals surface area contributed by atoms with E-state index in [4.69, 9.17) is 4.74 Å². The molecule has 0 bridgehead atoms. The third-order valence-corrected chi connectivity index (χ3v) is 1.11. The summed E-state index contributed by atoms with van der Waals surface area (Å²) in [6.07, 6.45) is 1.61. The largest absolute Gasteiger partial charge is 0.459 e. The Morgan fingerprint density at radius 3 is 2.21 bits per heavy atom. The lowest BCUT2D eigenvalue weighted by Crippen LogP contribution is -2.20. The van der Waals surface area contributed by atoms with E-state index in [0.717, 1.165) is 12.2 Å². The molecule has 0 fully saturated rings. The van der Waals surface area contributed by atoms with Gasteiger partial charge < -0.3 is 9.47 Å². The minimum Gasteiger partial charge on any atom is -0.459 e. The predicted octanol–water partition coefficient (Wildman–Crippen LogP) is 0.891. The van der Waals surface area contributed by atoms with Gasteiger partial charge in [-0.1, -0.05) is 13.2 Å². The first-order valence-electron chi connectivity index (χ1n) is 3.72. The maximum absolute atomic E-state index is 10.6. The highest BCUT2D eigenvalue weighted by molar-refractivity contribution is 6.92. The van der Waals surface area contributed by atoms with E-state index in [-0.39, 0.29) is 16.5 Å². The van der Waals surface area contributed by atoms with E-state index >= 15 is 0 Å². The van der Waals surface area contributed by atoms with Gasteiger partial charge in [-0.15, -0.1) is 0 Å². The van der Waals surface area contributed by atoms with Crippen LogP contribution in [0.1, 0.15) is 6.92 Å². The van der Waals surface area contributed by atoms with Crippen LogP contribution in [0, 0.1) is 0 Å². The molecule has 0 radical (unpaired) electrons. The van der Waals surface area contributed by atoms with Crippen LogP contribution in [-0.2, 0) is 19.1 Å². The quantitative estimate of drug-likeness (QED) is 0.390. The molecule has 2 unspecified atom stereocenters. The Bertz CT molecular complexity index is 225. The summed E-state index contributed by atoms with van der Waals surface area (Å²) in [5.41, 5.74) is 0. The Balaban J connectivity index is 0. The number of rotatable bonds is 5. The molecule has 0 saturated heterocycles. The smallest absolute Gasteiger partial charge is 0.330 e. The molecule has 0 spiro atoms. The molecule has 0 aliphatic rings. The lowest BCUT2D eigenvalue weighted by molar-refractivity contribution is -0.151. The van der Waals surface area contributed by atoms with E-state index in [2.05, 4.69) is 17.9 Å². The first kappa shape index (κ1) is 15.3. The topological polar surface area (TPSA) is 52.6 Å². The molecule has 5 heteroatoms. The third kappa shape index (κ3) is 7.50. The highest BCUT2D eigenvalue weighted by Gasteiger charge is 2.07. The molecule has 14 heavy (non-hydrogen) atoms. The lowest BCUT2D eigenvalue weighted by atomic mass is 10.4.